The molecule has 2 aliphatic carbocycles. The van der Waals surface area contributed by atoms with Gasteiger partial charge in [-0.3, -0.25) is 0 Å². The summed E-state index contributed by atoms with van der Waals surface area (Å²) in [7, 11) is 0. The molecule has 2 saturated carbocycles. The molecule has 0 aromatic carbocycles. The first-order chi connectivity index (χ1) is 6.18. The van der Waals surface area contributed by atoms with Gasteiger partial charge in [0.2, 0.25) is 0 Å². The Hall–Kier alpha value is -0.0800. The van der Waals surface area contributed by atoms with Crippen LogP contribution in [0.4, 0.5) is 0 Å². The molecular weight excluding hydrogens is 160 g/mol. The first-order valence-corrected chi connectivity index (χ1v) is 5.67. The zero-order valence-electron chi connectivity index (χ0n) is 8.68. The second-order valence-corrected chi connectivity index (χ2v) is 5.30. The van der Waals surface area contributed by atoms with Crippen LogP contribution < -0.4 is 11.1 Å². The maximum absolute atomic E-state index is 5.86. The average Bonchev–Trinajstić information content (AvgIpc) is 2.84. The summed E-state index contributed by atoms with van der Waals surface area (Å²) >= 11 is 0. The molecule has 0 atom stereocenters. The topological polar surface area (TPSA) is 38.0 Å². The van der Waals surface area contributed by atoms with Crippen LogP contribution in [0.25, 0.3) is 0 Å². The molecule has 0 bridgehead atoms. The van der Waals surface area contributed by atoms with Crippen molar-refractivity contribution >= 4 is 0 Å². The molecule has 76 valence electrons. The lowest BCUT2D eigenvalue weighted by Gasteiger charge is -2.28. The lowest BCUT2D eigenvalue weighted by Crippen LogP contribution is -2.39. The Bertz CT molecular complexity index is 167. The highest BCUT2D eigenvalue weighted by Crippen LogP contribution is 2.44. The van der Waals surface area contributed by atoms with Crippen molar-refractivity contribution in [1.82, 2.24) is 5.32 Å². The molecule has 0 aliphatic heterocycles. The number of nitrogens with one attached hydrogen (secondary N) is 1. The van der Waals surface area contributed by atoms with Crippen LogP contribution in [0, 0.1) is 5.41 Å². The highest BCUT2D eigenvalue weighted by molar-refractivity contribution is 4.92. The maximum atomic E-state index is 5.86. The first-order valence-electron chi connectivity index (χ1n) is 5.67. The quantitative estimate of drug-likeness (QED) is 0.696. The first kappa shape index (κ1) is 9.47. The summed E-state index contributed by atoms with van der Waals surface area (Å²) in [6.45, 7) is 3.61. The van der Waals surface area contributed by atoms with E-state index in [-0.39, 0.29) is 0 Å². The van der Waals surface area contributed by atoms with E-state index in [1.807, 2.05) is 0 Å². The number of rotatable bonds is 3. The Kier molecular flexibility index (Phi) is 2.61. The van der Waals surface area contributed by atoms with Gasteiger partial charge in [-0.25, -0.2) is 0 Å². The maximum Gasteiger partial charge on any atom is 0.00684 e. The fraction of sp³-hybridized carbons (Fsp3) is 1.00. The third-order valence-corrected chi connectivity index (χ3v) is 3.69. The monoisotopic (exact) mass is 182 g/mol. The zero-order valence-corrected chi connectivity index (χ0v) is 8.68. The van der Waals surface area contributed by atoms with Crippen molar-refractivity contribution in [3.05, 3.63) is 0 Å². The number of hydrogen-bond acceptors (Lipinski definition) is 2. The van der Waals surface area contributed by atoms with E-state index < -0.39 is 0 Å². The van der Waals surface area contributed by atoms with Crippen LogP contribution in [0.2, 0.25) is 0 Å². The highest BCUT2D eigenvalue weighted by atomic mass is 14.9. The van der Waals surface area contributed by atoms with Gasteiger partial charge in [0, 0.05) is 18.6 Å². The smallest absolute Gasteiger partial charge is 0.00684 e. The van der Waals surface area contributed by atoms with E-state index in [2.05, 4.69) is 12.2 Å². The predicted molar refractivity (Wildman–Crippen MR) is 55.6 cm³/mol. The molecule has 0 saturated heterocycles. The van der Waals surface area contributed by atoms with Gasteiger partial charge in [0.1, 0.15) is 0 Å². The lowest BCUT2D eigenvalue weighted by molar-refractivity contribution is 0.323. The summed E-state index contributed by atoms with van der Waals surface area (Å²) in [4.78, 5) is 0. The highest BCUT2D eigenvalue weighted by Gasteiger charge is 2.37. The van der Waals surface area contributed by atoms with E-state index in [1.165, 1.54) is 45.1 Å². The second-order valence-electron chi connectivity index (χ2n) is 5.30. The fourth-order valence-corrected chi connectivity index (χ4v) is 2.10. The molecule has 0 aromatic heterocycles. The van der Waals surface area contributed by atoms with E-state index in [1.54, 1.807) is 0 Å². The van der Waals surface area contributed by atoms with Crippen molar-refractivity contribution in [2.75, 3.05) is 6.54 Å². The van der Waals surface area contributed by atoms with Crippen LogP contribution in [0.1, 0.15) is 45.4 Å². The van der Waals surface area contributed by atoms with Crippen molar-refractivity contribution in [1.29, 1.82) is 0 Å². The molecule has 3 N–H and O–H groups in total. The van der Waals surface area contributed by atoms with Crippen molar-refractivity contribution in [2.24, 2.45) is 11.1 Å². The van der Waals surface area contributed by atoms with Crippen LogP contribution >= 0.6 is 0 Å². The molecule has 0 unspecified atom stereocenters. The SMILES string of the molecule is CC1(CNC2CCC(N)CC2)CC1. The van der Waals surface area contributed by atoms with Crippen molar-refractivity contribution in [3.8, 4) is 0 Å². The summed E-state index contributed by atoms with van der Waals surface area (Å²) in [6.07, 6.45) is 7.86. The molecule has 2 aliphatic rings. The van der Waals surface area contributed by atoms with E-state index in [0.717, 1.165) is 6.04 Å². The van der Waals surface area contributed by atoms with Crippen LogP contribution in [0.15, 0.2) is 0 Å². The van der Waals surface area contributed by atoms with E-state index in [0.29, 0.717) is 11.5 Å². The zero-order chi connectivity index (χ0) is 9.31. The van der Waals surface area contributed by atoms with Crippen LogP contribution in [-0.2, 0) is 0 Å². The molecule has 0 heterocycles. The van der Waals surface area contributed by atoms with Crippen LogP contribution in [0.3, 0.4) is 0 Å². The molecule has 2 nitrogen and oxygen atoms in total. The Balaban J connectivity index is 1.65. The molecule has 0 amide bonds. The molecular formula is C11H22N2. The minimum atomic E-state index is 0.481. The van der Waals surface area contributed by atoms with Gasteiger partial charge < -0.3 is 11.1 Å². The largest absolute Gasteiger partial charge is 0.328 e. The summed E-state index contributed by atoms with van der Waals surface area (Å²) in [6, 6.07) is 1.24. The van der Waals surface area contributed by atoms with Gasteiger partial charge in [-0.15, -0.1) is 0 Å². The van der Waals surface area contributed by atoms with Crippen molar-refractivity contribution in [3.63, 3.8) is 0 Å². The summed E-state index contributed by atoms with van der Waals surface area (Å²) in [5.74, 6) is 0. The lowest BCUT2D eigenvalue weighted by atomic mass is 9.91. The van der Waals surface area contributed by atoms with E-state index >= 15 is 0 Å². The summed E-state index contributed by atoms with van der Waals surface area (Å²) in [5.41, 5.74) is 6.52. The summed E-state index contributed by atoms with van der Waals surface area (Å²) in [5, 5.41) is 3.69. The Morgan fingerprint density at radius 2 is 1.85 bits per heavy atom. The predicted octanol–water partition coefficient (Wildman–Crippen LogP) is 1.65. The minimum absolute atomic E-state index is 0.481. The Labute approximate surface area is 81.3 Å². The van der Waals surface area contributed by atoms with Gasteiger partial charge in [0.15, 0.2) is 0 Å². The Morgan fingerprint density at radius 3 is 2.38 bits per heavy atom. The van der Waals surface area contributed by atoms with Gasteiger partial charge in [0.05, 0.1) is 0 Å². The molecule has 13 heavy (non-hydrogen) atoms. The van der Waals surface area contributed by atoms with Crippen molar-refractivity contribution < 1.29 is 0 Å². The second kappa shape index (κ2) is 3.58. The number of hydrogen-bond donors (Lipinski definition) is 2. The molecule has 0 radical (unpaired) electrons. The van der Waals surface area contributed by atoms with Gasteiger partial charge >= 0.3 is 0 Å². The average molecular weight is 182 g/mol. The molecule has 0 aromatic rings. The van der Waals surface area contributed by atoms with E-state index in [4.69, 9.17) is 5.73 Å². The third-order valence-electron chi connectivity index (χ3n) is 3.69. The van der Waals surface area contributed by atoms with Gasteiger partial charge in [-0.1, -0.05) is 6.92 Å². The molecule has 2 heteroatoms. The van der Waals surface area contributed by atoms with Crippen molar-refractivity contribution in [2.45, 2.75) is 57.5 Å². The fourth-order valence-electron chi connectivity index (χ4n) is 2.10. The molecule has 0 spiro atoms. The normalized spacial score (nSPS) is 37.4. The van der Waals surface area contributed by atoms with Gasteiger partial charge in [-0.2, -0.15) is 0 Å². The van der Waals surface area contributed by atoms with Crippen LogP contribution in [-0.4, -0.2) is 18.6 Å². The van der Waals surface area contributed by atoms with Gasteiger partial charge in [0.25, 0.3) is 0 Å². The minimum Gasteiger partial charge on any atom is -0.328 e. The standard InChI is InChI=1S/C11H22N2/c1-11(6-7-11)8-13-10-4-2-9(12)3-5-10/h9-10,13H,2-8,12H2,1H3. The van der Waals surface area contributed by atoms with Gasteiger partial charge in [-0.05, 0) is 43.9 Å². The molecule has 2 fully saturated rings. The third kappa shape index (κ3) is 2.68. The molecule has 2 rings (SSSR count). The number of nitrogens with two attached hydrogens (primary N) is 1. The Morgan fingerprint density at radius 1 is 1.23 bits per heavy atom. The van der Waals surface area contributed by atoms with Crippen LogP contribution in [0.5, 0.6) is 0 Å². The summed E-state index contributed by atoms with van der Waals surface area (Å²) < 4.78 is 0. The van der Waals surface area contributed by atoms with E-state index in [9.17, 15) is 0 Å².